The molecule has 0 radical (unpaired) electrons. The monoisotopic (exact) mass is 240 g/mol. The Morgan fingerprint density at radius 1 is 1.29 bits per heavy atom. The van der Waals surface area contributed by atoms with E-state index in [1.54, 1.807) is 0 Å². The van der Waals surface area contributed by atoms with E-state index in [1.165, 1.54) is 25.9 Å². The van der Waals surface area contributed by atoms with Crippen LogP contribution in [0.3, 0.4) is 0 Å². The van der Waals surface area contributed by atoms with Crippen molar-refractivity contribution in [3.8, 4) is 0 Å². The van der Waals surface area contributed by atoms with Gasteiger partial charge in [0, 0.05) is 5.41 Å². The molecule has 2 rings (SSSR count). The van der Waals surface area contributed by atoms with Crippen LogP contribution < -0.4 is 5.73 Å². The molecule has 0 bridgehead atoms. The van der Waals surface area contributed by atoms with Crippen molar-refractivity contribution in [2.75, 3.05) is 39.9 Å². The molecule has 0 unspecified atom stereocenters. The Bertz CT molecular complexity index is 253. The summed E-state index contributed by atoms with van der Waals surface area (Å²) in [4.78, 5) is 2.44. The maximum Gasteiger partial charge on any atom is 0.0552 e. The molecule has 0 aromatic heterocycles. The van der Waals surface area contributed by atoms with E-state index in [2.05, 4.69) is 25.8 Å². The van der Waals surface area contributed by atoms with E-state index >= 15 is 0 Å². The molecule has 0 spiro atoms. The summed E-state index contributed by atoms with van der Waals surface area (Å²) in [6, 6.07) is 0. The van der Waals surface area contributed by atoms with Gasteiger partial charge in [-0.2, -0.15) is 0 Å². The van der Waals surface area contributed by atoms with E-state index < -0.39 is 0 Å². The highest BCUT2D eigenvalue weighted by Gasteiger charge is 2.55. The van der Waals surface area contributed by atoms with Gasteiger partial charge < -0.3 is 15.4 Å². The van der Waals surface area contributed by atoms with Gasteiger partial charge in [-0.1, -0.05) is 13.8 Å². The van der Waals surface area contributed by atoms with Gasteiger partial charge in [0.15, 0.2) is 0 Å². The number of rotatable bonds is 4. The quantitative estimate of drug-likeness (QED) is 0.813. The topological polar surface area (TPSA) is 38.5 Å². The van der Waals surface area contributed by atoms with Crippen LogP contribution in [-0.2, 0) is 4.74 Å². The van der Waals surface area contributed by atoms with Crippen molar-refractivity contribution < 1.29 is 4.74 Å². The lowest BCUT2D eigenvalue weighted by Gasteiger charge is -2.58. The molecule has 2 heterocycles. The minimum atomic E-state index is 0.320. The number of nitrogens with zero attached hydrogens (tertiary/aromatic N) is 1. The summed E-state index contributed by atoms with van der Waals surface area (Å²) >= 11 is 0. The Kier molecular flexibility index (Phi) is 3.81. The van der Waals surface area contributed by atoms with Crippen molar-refractivity contribution in [1.82, 2.24) is 4.90 Å². The number of hydrogen-bond donors (Lipinski definition) is 1. The molecule has 0 aliphatic carbocycles. The van der Waals surface area contributed by atoms with Gasteiger partial charge in [-0.05, 0) is 57.3 Å². The highest BCUT2D eigenvalue weighted by Crippen LogP contribution is 2.54. The second-order valence-electron chi connectivity index (χ2n) is 6.65. The van der Waals surface area contributed by atoms with Gasteiger partial charge in [0.1, 0.15) is 0 Å². The predicted octanol–water partition coefficient (Wildman–Crippen LogP) is 1.72. The normalized spacial score (nSPS) is 26.8. The summed E-state index contributed by atoms with van der Waals surface area (Å²) in [5.41, 5.74) is 6.51. The van der Waals surface area contributed by atoms with Crippen LogP contribution in [0.4, 0.5) is 0 Å². The van der Waals surface area contributed by atoms with Crippen LogP contribution in [0.15, 0.2) is 0 Å². The van der Waals surface area contributed by atoms with Crippen molar-refractivity contribution in [2.45, 2.75) is 33.1 Å². The zero-order chi connectivity index (χ0) is 12.5. The molecule has 2 fully saturated rings. The van der Waals surface area contributed by atoms with Gasteiger partial charge >= 0.3 is 0 Å². The highest BCUT2D eigenvalue weighted by molar-refractivity contribution is 5.02. The van der Waals surface area contributed by atoms with E-state index in [9.17, 15) is 0 Å². The fourth-order valence-corrected chi connectivity index (χ4v) is 3.67. The molecule has 2 saturated heterocycles. The first-order valence-corrected chi connectivity index (χ1v) is 6.98. The summed E-state index contributed by atoms with van der Waals surface area (Å²) in [5, 5.41) is 0. The maximum absolute atomic E-state index is 5.79. The molecular formula is C14H28N2O. The molecule has 3 heteroatoms. The van der Waals surface area contributed by atoms with Crippen LogP contribution in [0.5, 0.6) is 0 Å². The Morgan fingerprint density at radius 3 is 2.29 bits per heavy atom. The van der Waals surface area contributed by atoms with E-state index in [0.29, 0.717) is 10.8 Å². The lowest BCUT2D eigenvalue weighted by molar-refractivity contribution is -0.215. The van der Waals surface area contributed by atoms with Gasteiger partial charge in [0.05, 0.1) is 13.2 Å². The molecule has 0 amide bonds. The fraction of sp³-hybridized carbons (Fsp3) is 1.00. The minimum Gasteiger partial charge on any atom is -0.380 e. The van der Waals surface area contributed by atoms with E-state index in [1.807, 2.05) is 0 Å². The molecule has 0 aromatic carbocycles. The minimum absolute atomic E-state index is 0.320. The number of ether oxygens (including phenoxy) is 1. The van der Waals surface area contributed by atoms with Crippen molar-refractivity contribution in [3.05, 3.63) is 0 Å². The lowest BCUT2D eigenvalue weighted by atomic mass is 9.54. The Hall–Kier alpha value is -0.120. The van der Waals surface area contributed by atoms with Crippen LogP contribution in [-0.4, -0.2) is 44.8 Å². The highest BCUT2D eigenvalue weighted by atomic mass is 16.5. The number of likely N-dealkylation sites (tertiary alicyclic amines) is 1. The molecule has 3 nitrogen and oxygen atoms in total. The SMILES string of the molecule is CN1CCC(C2(C(C)(C)CCN)COC2)CC1. The first-order valence-electron chi connectivity index (χ1n) is 6.98. The average Bonchev–Trinajstić information content (AvgIpc) is 2.18. The molecule has 2 aliphatic heterocycles. The van der Waals surface area contributed by atoms with Crippen LogP contribution in [0.25, 0.3) is 0 Å². The van der Waals surface area contributed by atoms with E-state index in [0.717, 1.165) is 32.1 Å². The molecule has 0 saturated carbocycles. The number of piperidine rings is 1. The van der Waals surface area contributed by atoms with Crippen LogP contribution in [0.1, 0.15) is 33.1 Å². The molecule has 2 N–H and O–H groups in total. The largest absolute Gasteiger partial charge is 0.380 e. The summed E-state index contributed by atoms with van der Waals surface area (Å²) in [6.45, 7) is 9.96. The maximum atomic E-state index is 5.79. The first kappa shape index (κ1) is 13.3. The van der Waals surface area contributed by atoms with E-state index in [4.69, 9.17) is 10.5 Å². The standard InChI is InChI=1S/C14H28N2O/c1-13(2,6-7-15)14(10-17-11-14)12-4-8-16(3)9-5-12/h12H,4-11,15H2,1-3H3. The Balaban J connectivity index is 2.08. The third-order valence-electron chi connectivity index (χ3n) is 5.34. The van der Waals surface area contributed by atoms with E-state index in [-0.39, 0.29) is 0 Å². The van der Waals surface area contributed by atoms with Gasteiger partial charge in [-0.25, -0.2) is 0 Å². The summed E-state index contributed by atoms with van der Waals surface area (Å²) in [6.07, 6.45) is 3.77. The van der Waals surface area contributed by atoms with Crippen LogP contribution in [0.2, 0.25) is 0 Å². The summed E-state index contributed by atoms with van der Waals surface area (Å²) in [7, 11) is 2.23. The zero-order valence-corrected chi connectivity index (χ0v) is 11.7. The molecule has 17 heavy (non-hydrogen) atoms. The Morgan fingerprint density at radius 2 is 1.88 bits per heavy atom. The average molecular weight is 240 g/mol. The van der Waals surface area contributed by atoms with Crippen molar-refractivity contribution in [3.63, 3.8) is 0 Å². The van der Waals surface area contributed by atoms with Crippen LogP contribution >= 0.6 is 0 Å². The van der Waals surface area contributed by atoms with Crippen LogP contribution in [0, 0.1) is 16.7 Å². The van der Waals surface area contributed by atoms with Gasteiger partial charge in [-0.15, -0.1) is 0 Å². The fourth-order valence-electron chi connectivity index (χ4n) is 3.67. The summed E-state index contributed by atoms with van der Waals surface area (Å²) in [5.74, 6) is 0.828. The van der Waals surface area contributed by atoms with Crippen molar-refractivity contribution >= 4 is 0 Å². The third-order valence-corrected chi connectivity index (χ3v) is 5.34. The van der Waals surface area contributed by atoms with Gasteiger partial charge in [-0.3, -0.25) is 0 Å². The predicted molar refractivity (Wildman–Crippen MR) is 70.9 cm³/mol. The molecule has 100 valence electrons. The summed E-state index contributed by atoms with van der Waals surface area (Å²) < 4.78 is 5.60. The first-order chi connectivity index (χ1) is 8.02. The van der Waals surface area contributed by atoms with Crippen molar-refractivity contribution in [1.29, 1.82) is 0 Å². The number of nitrogens with two attached hydrogens (primary N) is 1. The lowest BCUT2D eigenvalue weighted by Crippen LogP contribution is -2.59. The molecular weight excluding hydrogens is 212 g/mol. The second kappa shape index (κ2) is 4.87. The molecule has 2 aliphatic rings. The van der Waals surface area contributed by atoms with Gasteiger partial charge in [0.25, 0.3) is 0 Å². The zero-order valence-electron chi connectivity index (χ0n) is 11.7. The van der Waals surface area contributed by atoms with Gasteiger partial charge in [0.2, 0.25) is 0 Å². The Labute approximate surface area is 106 Å². The van der Waals surface area contributed by atoms with Crippen molar-refractivity contribution in [2.24, 2.45) is 22.5 Å². The molecule has 0 aromatic rings. The smallest absolute Gasteiger partial charge is 0.0552 e. The second-order valence-corrected chi connectivity index (χ2v) is 6.65. The molecule has 0 atom stereocenters. The third kappa shape index (κ3) is 2.25. The number of hydrogen-bond acceptors (Lipinski definition) is 3.